The van der Waals surface area contributed by atoms with Gasteiger partial charge in [-0.2, -0.15) is 0 Å². The molecule has 1 atom stereocenters. The van der Waals surface area contributed by atoms with Crippen LogP contribution in [0.1, 0.15) is 16.5 Å². The fourth-order valence-electron chi connectivity index (χ4n) is 2.42. The molecule has 0 aliphatic carbocycles. The quantitative estimate of drug-likeness (QED) is 0.795. The van der Waals surface area contributed by atoms with Crippen LogP contribution < -0.4 is 4.74 Å². The molecule has 1 unspecified atom stereocenters. The van der Waals surface area contributed by atoms with Crippen LogP contribution >= 0.6 is 34.5 Å². The predicted molar refractivity (Wildman–Crippen MR) is 85.4 cm³/mol. The van der Waals surface area contributed by atoms with Gasteiger partial charge in [-0.1, -0.05) is 23.2 Å². The lowest BCUT2D eigenvalue weighted by Gasteiger charge is -2.22. The molecule has 2 heterocycles. The van der Waals surface area contributed by atoms with Crippen molar-refractivity contribution in [2.75, 3.05) is 20.1 Å². The van der Waals surface area contributed by atoms with Gasteiger partial charge in [0.1, 0.15) is 11.9 Å². The second-order valence-electron chi connectivity index (χ2n) is 4.99. The summed E-state index contributed by atoms with van der Waals surface area (Å²) in [7, 11) is 2.13. The molecule has 0 amide bonds. The highest BCUT2D eigenvalue weighted by Crippen LogP contribution is 2.33. The van der Waals surface area contributed by atoms with Crippen molar-refractivity contribution >= 4 is 34.5 Å². The van der Waals surface area contributed by atoms with Gasteiger partial charge in [0.2, 0.25) is 0 Å². The van der Waals surface area contributed by atoms with Crippen molar-refractivity contribution in [1.29, 1.82) is 0 Å². The Morgan fingerprint density at radius 3 is 2.90 bits per heavy atom. The summed E-state index contributed by atoms with van der Waals surface area (Å²) in [5, 5.41) is 3.21. The lowest BCUT2D eigenvalue weighted by molar-refractivity contribution is 0.156. The van der Waals surface area contributed by atoms with Gasteiger partial charge in [0.25, 0.3) is 0 Å². The largest absolute Gasteiger partial charge is 0.484 e. The number of nitrogens with zero attached hydrogens (tertiary/aromatic N) is 1. The molecular weight excluding hydrogens is 313 g/mol. The number of benzene rings is 1. The Morgan fingerprint density at radius 1 is 1.25 bits per heavy atom. The van der Waals surface area contributed by atoms with Crippen molar-refractivity contribution in [2.24, 2.45) is 0 Å². The summed E-state index contributed by atoms with van der Waals surface area (Å²) in [6, 6.07) is 7.58. The van der Waals surface area contributed by atoms with Gasteiger partial charge >= 0.3 is 0 Å². The molecule has 0 saturated heterocycles. The van der Waals surface area contributed by atoms with Crippen molar-refractivity contribution in [2.45, 2.75) is 12.5 Å². The molecule has 0 bridgehead atoms. The first kappa shape index (κ1) is 14.2. The fraction of sp³-hybridized carbons (Fsp3) is 0.333. The number of hydrogen-bond donors (Lipinski definition) is 0. The number of halogens is 2. The van der Waals surface area contributed by atoms with Crippen LogP contribution in [-0.2, 0) is 6.42 Å². The normalized spacial score (nSPS) is 19.4. The Morgan fingerprint density at radius 2 is 2.10 bits per heavy atom. The van der Waals surface area contributed by atoms with E-state index in [2.05, 4.69) is 23.4 Å². The molecule has 0 radical (unpaired) electrons. The second kappa shape index (κ2) is 5.94. The van der Waals surface area contributed by atoms with Crippen LogP contribution in [0.15, 0.2) is 29.6 Å². The first-order valence-electron chi connectivity index (χ1n) is 6.50. The monoisotopic (exact) mass is 327 g/mol. The van der Waals surface area contributed by atoms with E-state index in [9.17, 15) is 0 Å². The molecule has 0 spiro atoms. The molecule has 1 aromatic carbocycles. The van der Waals surface area contributed by atoms with Gasteiger partial charge in [0, 0.05) is 29.6 Å². The lowest BCUT2D eigenvalue weighted by Crippen LogP contribution is -2.26. The number of rotatable bonds is 2. The standard InChI is InChI=1S/C15H15Cl2NOS/c1-18-6-4-15-11(5-7-20-15)14(9-18)19-10-2-3-12(16)13(17)8-10/h2-3,5,7-8,14H,4,6,9H2,1H3. The number of thiophene rings is 1. The maximum absolute atomic E-state index is 6.15. The van der Waals surface area contributed by atoms with Crippen LogP contribution in [0.25, 0.3) is 0 Å². The fourth-order valence-corrected chi connectivity index (χ4v) is 3.63. The summed E-state index contributed by atoms with van der Waals surface area (Å²) in [5.41, 5.74) is 1.30. The molecule has 20 heavy (non-hydrogen) atoms. The van der Waals surface area contributed by atoms with Crippen molar-refractivity contribution in [3.63, 3.8) is 0 Å². The Bertz CT molecular complexity index is 614. The molecule has 2 aromatic rings. The zero-order chi connectivity index (χ0) is 14.1. The van der Waals surface area contributed by atoms with Gasteiger partial charge in [-0.05, 0) is 37.0 Å². The second-order valence-corrected chi connectivity index (χ2v) is 6.81. The van der Waals surface area contributed by atoms with Crippen molar-refractivity contribution in [3.05, 3.63) is 50.1 Å². The molecule has 2 nitrogen and oxygen atoms in total. The van der Waals surface area contributed by atoms with Crippen molar-refractivity contribution in [1.82, 2.24) is 4.90 Å². The van der Waals surface area contributed by atoms with Crippen molar-refractivity contribution in [3.8, 4) is 5.75 Å². The topological polar surface area (TPSA) is 12.5 Å². The number of ether oxygens (including phenoxy) is 1. The molecule has 0 fully saturated rings. The van der Waals surface area contributed by atoms with Gasteiger partial charge < -0.3 is 9.64 Å². The molecule has 1 aromatic heterocycles. The molecule has 0 saturated carbocycles. The van der Waals surface area contributed by atoms with Gasteiger partial charge in [-0.25, -0.2) is 0 Å². The zero-order valence-corrected chi connectivity index (χ0v) is 13.4. The van der Waals surface area contributed by atoms with E-state index in [0.717, 1.165) is 25.3 Å². The van der Waals surface area contributed by atoms with E-state index in [4.69, 9.17) is 27.9 Å². The molecule has 1 aliphatic rings. The summed E-state index contributed by atoms with van der Waals surface area (Å²) in [6.07, 6.45) is 1.13. The zero-order valence-electron chi connectivity index (χ0n) is 11.1. The first-order valence-corrected chi connectivity index (χ1v) is 8.13. The van der Waals surface area contributed by atoms with E-state index < -0.39 is 0 Å². The van der Waals surface area contributed by atoms with E-state index in [1.54, 1.807) is 23.5 Å². The average Bonchev–Trinajstić information content (AvgIpc) is 2.83. The molecule has 1 aliphatic heterocycles. The van der Waals surface area contributed by atoms with E-state index in [-0.39, 0.29) is 6.10 Å². The van der Waals surface area contributed by atoms with Crippen LogP contribution in [0.4, 0.5) is 0 Å². The summed E-state index contributed by atoms with van der Waals surface area (Å²) in [4.78, 5) is 3.72. The van der Waals surface area contributed by atoms with E-state index in [1.165, 1.54) is 10.4 Å². The molecular formula is C15H15Cl2NOS. The Hall–Kier alpha value is -0.740. The van der Waals surface area contributed by atoms with E-state index in [1.807, 2.05) is 6.07 Å². The van der Waals surface area contributed by atoms with Crippen molar-refractivity contribution < 1.29 is 4.74 Å². The maximum Gasteiger partial charge on any atom is 0.137 e. The minimum atomic E-state index is 0.0426. The Kier molecular flexibility index (Phi) is 4.22. The smallest absolute Gasteiger partial charge is 0.137 e. The van der Waals surface area contributed by atoms with E-state index >= 15 is 0 Å². The third kappa shape index (κ3) is 2.96. The molecule has 106 valence electrons. The summed E-state index contributed by atoms with van der Waals surface area (Å²) in [6.45, 7) is 1.94. The van der Waals surface area contributed by atoms with Crippen LogP contribution in [0.5, 0.6) is 5.75 Å². The van der Waals surface area contributed by atoms with Gasteiger partial charge in [-0.15, -0.1) is 11.3 Å². The Balaban J connectivity index is 1.87. The highest BCUT2D eigenvalue weighted by molar-refractivity contribution is 7.10. The van der Waals surface area contributed by atoms with Crippen LogP contribution in [-0.4, -0.2) is 25.0 Å². The first-order chi connectivity index (χ1) is 9.63. The van der Waals surface area contributed by atoms with Gasteiger partial charge in [0.15, 0.2) is 0 Å². The highest BCUT2D eigenvalue weighted by atomic mass is 35.5. The molecule has 0 N–H and O–H groups in total. The number of likely N-dealkylation sites (N-methyl/N-ethyl adjacent to an activating group) is 1. The SMILES string of the molecule is CN1CCc2sccc2C(Oc2ccc(Cl)c(Cl)c2)C1. The Labute approximate surface area is 132 Å². The van der Waals surface area contributed by atoms with Gasteiger partial charge in [-0.3, -0.25) is 0 Å². The summed E-state index contributed by atoms with van der Waals surface area (Å²) in [5.74, 6) is 0.761. The minimum Gasteiger partial charge on any atom is -0.484 e. The highest BCUT2D eigenvalue weighted by Gasteiger charge is 2.23. The molecule has 3 rings (SSSR count). The summed E-state index contributed by atoms with van der Waals surface area (Å²) >= 11 is 13.8. The third-order valence-electron chi connectivity index (χ3n) is 3.49. The average molecular weight is 328 g/mol. The third-order valence-corrected chi connectivity index (χ3v) is 5.23. The number of hydrogen-bond acceptors (Lipinski definition) is 3. The molecule has 5 heteroatoms. The maximum atomic E-state index is 6.15. The number of fused-ring (bicyclic) bond motifs is 1. The lowest BCUT2D eigenvalue weighted by atomic mass is 10.1. The minimum absolute atomic E-state index is 0.0426. The summed E-state index contributed by atoms with van der Waals surface area (Å²) < 4.78 is 6.15. The predicted octanol–water partition coefficient (Wildman–Crippen LogP) is 4.66. The van der Waals surface area contributed by atoms with Crippen LogP contribution in [0, 0.1) is 0 Å². The van der Waals surface area contributed by atoms with Gasteiger partial charge in [0.05, 0.1) is 10.0 Å². The van der Waals surface area contributed by atoms with Crippen LogP contribution in [0.2, 0.25) is 10.0 Å². The van der Waals surface area contributed by atoms with E-state index in [0.29, 0.717) is 10.0 Å². The van der Waals surface area contributed by atoms with Crippen LogP contribution in [0.3, 0.4) is 0 Å².